The van der Waals surface area contributed by atoms with E-state index in [9.17, 15) is 0 Å². The van der Waals surface area contributed by atoms with Gasteiger partial charge in [-0.1, -0.05) is 23.7 Å². The number of benzene rings is 1. The van der Waals surface area contributed by atoms with Gasteiger partial charge in [-0.25, -0.2) is 0 Å². The Labute approximate surface area is 80.9 Å². The van der Waals surface area contributed by atoms with Gasteiger partial charge in [0, 0.05) is 5.02 Å². The quantitative estimate of drug-likeness (QED) is 0.420. The van der Waals surface area contributed by atoms with Crippen molar-refractivity contribution in [3.05, 3.63) is 34.9 Å². The van der Waals surface area contributed by atoms with E-state index >= 15 is 0 Å². The molecule has 0 saturated heterocycles. The minimum absolute atomic E-state index is 0.0710. The Morgan fingerprint density at radius 1 is 1.38 bits per heavy atom. The van der Waals surface area contributed by atoms with Crippen molar-refractivity contribution >= 4 is 23.8 Å². The number of nitrogens with zero attached hydrogens (tertiary/aromatic N) is 2. The molecule has 0 aliphatic rings. The molecule has 4 N–H and O–H groups in total. The van der Waals surface area contributed by atoms with Crippen LogP contribution in [0.1, 0.15) is 5.56 Å². The largest absolute Gasteiger partial charge is 0.369 e. The van der Waals surface area contributed by atoms with Gasteiger partial charge in [-0.15, -0.1) is 5.10 Å². The number of nitrogens with two attached hydrogens (primary N) is 2. The molecule has 0 spiro atoms. The van der Waals surface area contributed by atoms with Gasteiger partial charge in [0.15, 0.2) is 0 Å². The molecule has 0 aromatic heterocycles. The lowest BCUT2D eigenvalue weighted by molar-refractivity contribution is 1.21. The lowest BCUT2D eigenvalue weighted by Gasteiger charge is -1.91. The van der Waals surface area contributed by atoms with E-state index in [1.54, 1.807) is 12.1 Å². The van der Waals surface area contributed by atoms with Crippen LogP contribution in [0.5, 0.6) is 0 Å². The maximum atomic E-state index is 5.74. The highest BCUT2D eigenvalue weighted by molar-refractivity contribution is 6.30. The zero-order valence-electron chi connectivity index (χ0n) is 6.81. The molecule has 0 saturated carbocycles. The molecule has 0 amide bonds. The summed E-state index contributed by atoms with van der Waals surface area (Å²) < 4.78 is 0. The van der Waals surface area contributed by atoms with E-state index in [0.717, 1.165) is 5.56 Å². The molecule has 0 atom stereocenters. The van der Waals surface area contributed by atoms with Crippen LogP contribution in [0.2, 0.25) is 5.02 Å². The van der Waals surface area contributed by atoms with E-state index in [2.05, 4.69) is 10.2 Å². The molecule has 0 aliphatic heterocycles. The topological polar surface area (TPSA) is 76.8 Å². The molecular formula is C8H9ClN4. The Morgan fingerprint density at radius 3 is 2.77 bits per heavy atom. The van der Waals surface area contributed by atoms with Crippen LogP contribution in [0.15, 0.2) is 34.5 Å². The summed E-state index contributed by atoms with van der Waals surface area (Å²) in [7, 11) is 0. The van der Waals surface area contributed by atoms with Gasteiger partial charge in [0.2, 0.25) is 5.96 Å². The summed E-state index contributed by atoms with van der Waals surface area (Å²) in [5, 5.41) is 7.73. The Hall–Kier alpha value is -1.55. The number of halogens is 1. The van der Waals surface area contributed by atoms with Crippen LogP contribution < -0.4 is 11.5 Å². The van der Waals surface area contributed by atoms with Gasteiger partial charge in [0.25, 0.3) is 0 Å². The summed E-state index contributed by atoms with van der Waals surface area (Å²) in [6.07, 6.45) is 1.52. The predicted octanol–water partition coefficient (Wildman–Crippen LogP) is 0.947. The first-order valence-electron chi connectivity index (χ1n) is 3.56. The number of rotatable bonds is 2. The SMILES string of the molecule is NC(N)=N/N=C\c1cccc(Cl)c1. The van der Waals surface area contributed by atoms with Crippen molar-refractivity contribution in [1.29, 1.82) is 0 Å². The molecule has 0 bridgehead atoms. The van der Waals surface area contributed by atoms with Gasteiger partial charge < -0.3 is 11.5 Å². The van der Waals surface area contributed by atoms with Crippen LogP contribution in [0.3, 0.4) is 0 Å². The van der Waals surface area contributed by atoms with Gasteiger partial charge in [-0.05, 0) is 17.7 Å². The predicted molar refractivity (Wildman–Crippen MR) is 54.9 cm³/mol. The molecule has 0 aliphatic carbocycles. The van der Waals surface area contributed by atoms with Crippen LogP contribution >= 0.6 is 11.6 Å². The van der Waals surface area contributed by atoms with Crippen molar-refractivity contribution in [2.75, 3.05) is 0 Å². The van der Waals surface area contributed by atoms with Crippen LogP contribution in [0, 0.1) is 0 Å². The van der Waals surface area contributed by atoms with Crippen molar-refractivity contribution < 1.29 is 0 Å². The zero-order chi connectivity index (χ0) is 9.68. The van der Waals surface area contributed by atoms with Crippen molar-refractivity contribution in [1.82, 2.24) is 0 Å². The maximum absolute atomic E-state index is 5.74. The van der Waals surface area contributed by atoms with Gasteiger partial charge in [0.1, 0.15) is 0 Å². The Balaban J connectivity index is 2.75. The Bertz CT molecular complexity index is 342. The van der Waals surface area contributed by atoms with Gasteiger partial charge in [-0.3, -0.25) is 0 Å². The highest BCUT2D eigenvalue weighted by atomic mass is 35.5. The molecule has 1 aromatic rings. The van der Waals surface area contributed by atoms with Crippen LogP contribution in [-0.4, -0.2) is 12.2 Å². The third kappa shape index (κ3) is 3.57. The fourth-order valence-electron chi connectivity index (χ4n) is 0.749. The van der Waals surface area contributed by atoms with E-state index in [4.69, 9.17) is 23.1 Å². The molecule has 1 aromatic carbocycles. The summed E-state index contributed by atoms with van der Waals surface area (Å²) in [6.45, 7) is 0. The highest BCUT2D eigenvalue weighted by Gasteiger charge is 1.88. The molecule has 0 radical (unpaired) electrons. The lowest BCUT2D eigenvalue weighted by Crippen LogP contribution is -2.21. The second-order valence-electron chi connectivity index (χ2n) is 2.32. The monoisotopic (exact) mass is 196 g/mol. The molecule has 68 valence electrons. The molecule has 1 rings (SSSR count). The molecule has 5 heteroatoms. The summed E-state index contributed by atoms with van der Waals surface area (Å²) >= 11 is 5.74. The highest BCUT2D eigenvalue weighted by Crippen LogP contribution is 2.08. The first-order valence-corrected chi connectivity index (χ1v) is 3.94. The van der Waals surface area contributed by atoms with Crippen molar-refractivity contribution in [2.45, 2.75) is 0 Å². The van der Waals surface area contributed by atoms with Crippen LogP contribution in [-0.2, 0) is 0 Å². The fraction of sp³-hybridized carbons (Fsp3) is 0. The molecular weight excluding hydrogens is 188 g/mol. The zero-order valence-corrected chi connectivity index (χ0v) is 7.57. The van der Waals surface area contributed by atoms with E-state index in [-0.39, 0.29) is 5.96 Å². The van der Waals surface area contributed by atoms with Crippen molar-refractivity contribution in [3.8, 4) is 0 Å². The van der Waals surface area contributed by atoms with E-state index in [1.165, 1.54) is 6.21 Å². The first-order chi connectivity index (χ1) is 6.18. The smallest absolute Gasteiger partial charge is 0.211 e. The summed E-state index contributed by atoms with van der Waals surface area (Å²) in [4.78, 5) is 0. The number of hydrogen-bond acceptors (Lipinski definition) is 2. The summed E-state index contributed by atoms with van der Waals surface area (Å²) in [6, 6.07) is 7.20. The number of guanidine groups is 1. The first kappa shape index (κ1) is 9.54. The van der Waals surface area contributed by atoms with Gasteiger partial charge >= 0.3 is 0 Å². The molecule has 0 fully saturated rings. The normalized spacial score (nSPS) is 10.2. The summed E-state index contributed by atoms with van der Waals surface area (Å²) in [5.74, 6) is -0.0710. The molecule has 4 nitrogen and oxygen atoms in total. The standard InChI is InChI=1S/C8H9ClN4/c9-7-3-1-2-6(4-7)5-12-13-8(10)11/h1-5H,(H4,10,11,13)/b12-5-. The maximum Gasteiger partial charge on any atom is 0.211 e. The van der Waals surface area contributed by atoms with E-state index < -0.39 is 0 Å². The van der Waals surface area contributed by atoms with Gasteiger partial charge in [0.05, 0.1) is 6.21 Å². The second kappa shape index (κ2) is 4.47. The minimum Gasteiger partial charge on any atom is -0.369 e. The van der Waals surface area contributed by atoms with Crippen LogP contribution in [0.4, 0.5) is 0 Å². The average Bonchev–Trinajstić information content (AvgIpc) is 2.03. The van der Waals surface area contributed by atoms with Crippen molar-refractivity contribution in [3.63, 3.8) is 0 Å². The summed E-state index contributed by atoms with van der Waals surface area (Å²) in [5.41, 5.74) is 11.0. The molecule has 0 unspecified atom stereocenters. The van der Waals surface area contributed by atoms with E-state index in [1.807, 2.05) is 12.1 Å². The van der Waals surface area contributed by atoms with Gasteiger partial charge in [-0.2, -0.15) is 5.10 Å². The second-order valence-corrected chi connectivity index (χ2v) is 2.76. The fourth-order valence-corrected chi connectivity index (χ4v) is 0.948. The number of hydrogen-bond donors (Lipinski definition) is 2. The third-order valence-electron chi connectivity index (χ3n) is 1.23. The Kier molecular flexibility index (Phi) is 3.28. The van der Waals surface area contributed by atoms with Crippen molar-refractivity contribution in [2.24, 2.45) is 21.7 Å². The Morgan fingerprint density at radius 2 is 2.15 bits per heavy atom. The average molecular weight is 197 g/mol. The molecule has 13 heavy (non-hydrogen) atoms. The third-order valence-corrected chi connectivity index (χ3v) is 1.46. The minimum atomic E-state index is -0.0710. The molecule has 0 heterocycles. The lowest BCUT2D eigenvalue weighted by atomic mass is 10.2. The van der Waals surface area contributed by atoms with Crippen LogP contribution in [0.25, 0.3) is 0 Å². The van der Waals surface area contributed by atoms with E-state index in [0.29, 0.717) is 5.02 Å².